The Morgan fingerprint density at radius 2 is 1.94 bits per heavy atom. The predicted octanol–water partition coefficient (Wildman–Crippen LogP) is 3.76. The largest absolute Gasteiger partial charge is 0.366 e. The summed E-state index contributed by atoms with van der Waals surface area (Å²) in [6, 6.07) is 12.3. The molecule has 2 rings (SSSR count). The number of nitrogens with one attached hydrogen (secondary N) is 1. The highest BCUT2D eigenvalue weighted by atomic mass is 79.9. The van der Waals surface area contributed by atoms with Crippen LogP contribution in [0.25, 0.3) is 0 Å². The van der Waals surface area contributed by atoms with E-state index >= 15 is 0 Å². The summed E-state index contributed by atoms with van der Waals surface area (Å²) in [5.74, 6) is 0.919. The quantitative estimate of drug-likeness (QED) is 0.923. The number of nitrogens with zero attached hydrogens (tertiary/aromatic N) is 1. The van der Waals surface area contributed by atoms with Gasteiger partial charge >= 0.3 is 0 Å². The van der Waals surface area contributed by atoms with Crippen LogP contribution in [0.15, 0.2) is 47.1 Å². The van der Waals surface area contributed by atoms with Crippen molar-refractivity contribution in [2.24, 2.45) is 0 Å². The molecule has 82 valence electrons. The maximum absolute atomic E-state index is 4.25. The third-order valence-corrected chi connectivity index (χ3v) is 2.83. The van der Waals surface area contributed by atoms with E-state index in [4.69, 9.17) is 0 Å². The highest BCUT2D eigenvalue weighted by Gasteiger charge is 1.95. The van der Waals surface area contributed by atoms with Crippen LogP contribution in [0, 0.1) is 6.92 Å². The van der Waals surface area contributed by atoms with Crippen molar-refractivity contribution in [2.45, 2.75) is 13.5 Å². The Morgan fingerprint density at radius 3 is 2.62 bits per heavy atom. The number of aryl methyl sites for hydroxylation is 1. The van der Waals surface area contributed by atoms with Crippen molar-refractivity contribution < 1.29 is 0 Å². The molecule has 0 aliphatic rings. The molecule has 0 atom stereocenters. The maximum atomic E-state index is 4.25. The monoisotopic (exact) mass is 276 g/mol. The molecule has 3 heteroatoms. The fourth-order valence-electron chi connectivity index (χ4n) is 1.43. The molecule has 0 unspecified atom stereocenters. The second-order valence-corrected chi connectivity index (χ2v) is 4.61. The summed E-state index contributed by atoms with van der Waals surface area (Å²) in [4.78, 5) is 4.25. The molecule has 16 heavy (non-hydrogen) atoms. The normalized spacial score (nSPS) is 10.1. The number of hydrogen-bond donors (Lipinski definition) is 1. The molecule has 0 saturated carbocycles. The van der Waals surface area contributed by atoms with E-state index in [1.54, 1.807) is 0 Å². The first-order valence-corrected chi connectivity index (χ1v) is 5.94. The minimum atomic E-state index is 0.795. The Hall–Kier alpha value is -1.35. The van der Waals surface area contributed by atoms with Crippen LogP contribution in [0.5, 0.6) is 0 Å². The van der Waals surface area contributed by atoms with Gasteiger partial charge in [-0.3, -0.25) is 0 Å². The van der Waals surface area contributed by atoms with Crippen molar-refractivity contribution in [3.05, 3.63) is 58.2 Å². The van der Waals surface area contributed by atoms with Crippen molar-refractivity contribution in [2.75, 3.05) is 5.32 Å². The number of anilines is 1. The van der Waals surface area contributed by atoms with Gasteiger partial charge in [-0.1, -0.05) is 28.1 Å². The summed E-state index contributed by atoms with van der Waals surface area (Å²) in [5.41, 5.74) is 2.46. The first-order chi connectivity index (χ1) is 7.74. The van der Waals surface area contributed by atoms with Gasteiger partial charge in [0.15, 0.2) is 0 Å². The molecule has 2 nitrogen and oxygen atoms in total. The van der Waals surface area contributed by atoms with Crippen LogP contribution < -0.4 is 5.32 Å². The highest BCUT2D eigenvalue weighted by Crippen LogP contribution is 2.12. The van der Waals surface area contributed by atoms with Gasteiger partial charge in [-0.15, -0.1) is 0 Å². The van der Waals surface area contributed by atoms with Crippen LogP contribution in [-0.2, 0) is 6.54 Å². The maximum Gasteiger partial charge on any atom is 0.126 e. The predicted molar refractivity (Wildman–Crippen MR) is 70.4 cm³/mol. The van der Waals surface area contributed by atoms with E-state index in [1.165, 1.54) is 11.1 Å². The first kappa shape index (κ1) is 11.1. The molecule has 1 aromatic heterocycles. The lowest BCUT2D eigenvalue weighted by molar-refractivity contribution is 1.10. The Balaban J connectivity index is 1.99. The third kappa shape index (κ3) is 3.07. The number of aromatic nitrogens is 1. The lowest BCUT2D eigenvalue weighted by atomic mass is 10.2. The van der Waals surface area contributed by atoms with Gasteiger partial charge in [-0.05, 0) is 42.3 Å². The topological polar surface area (TPSA) is 24.9 Å². The van der Waals surface area contributed by atoms with Gasteiger partial charge in [-0.2, -0.15) is 0 Å². The zero-order valence-corrected chi connectivity index (χ0v) is 10.7. The zero-order chi connectivity index (χ0) is 11.4. The number of pyridine rings is 1. The third-order valence-electron chi connectivity index (χ3n) is 2.30. The molecule has 0 fully saturated rings. The van der Waals surface area contributed by atoms with Crippen LogP contribution in [0.3, 0.4) is 0 Å². The van der Waals surface area contributed by atoms with Gasteiger partial charge in [0.25, 0.3) is 0 Å². The van der Waals surface area contributed by atoms with Crippen LogP contribution in [-0.4, -0.2) is 4.98 Å². The molecule has 0 spiro atoms. The van der Waals surface area contributed by atoms with Crippen LogP contribution in [0.1, 0.15) is 11.1 Å². The Labute approximate surface area is 104 Å². The van der Waals surface area contributed by atoms with Crippen molar-refractivity contribution in [3.63, 3.8) is 0 Å². The molecule has 0 aliphatic carbocycles. The smallest absolute Gasteiger partial charge is 0.126 e. The summed E-state index contributed by atoms with van der Waals surface area (Å²) >= 11 is 3.42. The number of rotatable bonds is 3. The van der Waals surface area contributed by atoms with Gasteiger partial charge < -0.3 is 5.32 Å². The average molecular weight is 277 g/mol. The number of hydrogen-bond acceptors (Lipinski definition) is 2. The van der Waals surface area contributed by atoms with E-state index in [1.807, 2.05) is 30.5 Å². The minimum Gasteiger partial charge on any atom is -0.366 e. The lowest BCUT2D eigenvalue weighted by Gasteiger charge is -2.06. The molecule has 1 heterocycles. The van der Waals surface area contributed by atoms with Gasteiger partial charge in [0.05, 0.1) is 0 Å². The van der Waals surface area contributed by atoms with E-state index in [0.717, 1.165) is 16.8 Å². The van der Waals surface area contributed by atoms with Crippen molar-refractivity contribution in [3.8, 4) is 0 Å². The van der Waals surface area contributed by atoms with Gasteiger partial charge in [0.2, 0.25) is 0 Å². The molecular weight excluding hydrogens is 264 g/mol. The Kier molecular flexibility index (Phi) is 3.57. The molecule has 2 aromatic rings. The molecular formula is C13H13BrN2. The molecule has 1 N–H and O–H groups in total. The van der Waals surface area contributed by atoms with Crippen molar-refractivity contribution in [1.29, 1.82) is 0 Å². The minimum absolute atomic E-state index is 0.795. The molecule has 1 aromatic carbocycles. The summed E-state index contributed by atoms with van der Waals surface area (Å²) in [5, 5.41) is 3.29. The summed E-state index contributed by atoms with van der Waals surface area (Å²) in [6.07, 6.45) is 1.82. The fourth-order valence-corrected chi connectivity index (χ4v) is 1.69. The van der Waals surface area contributed by atoms with Crippen LogP contribution in [0.4, 0.5) is 5.82 Å². The molecule has 0 bridgehead atoms. The molecule has 0 amide bonds. The Morgan fingerprint density at radius 1 is 1.19 bits per heavy atom. The summed E-state index contributed by atoms with van der Waals surface area (Å²) in [7, 11) is 0. The summed E-state index contributed by atoms with van der Waals surface area (Å²) < 4.78 is 1.10. The number of benzene rings is 1. The fraction of sp³-hybridized carbons (Fsp3) is 0.154. The van der Waals surface area contributed by atoms with Crippen LogP contribution in [0.2, 0.25) is 0 Å². The van der Waals surface area contributed by atoms with E-state index in [9.17, 15) is 0 Å². The van der Waals surface area contributed by atoms with Crippen molar-refractivity contribution in [1.82, 2.24) is 4.98 Å². The van der Waals surface area contributed by atoms with Gasteiger partial charge in [-0.25, -0.2) is 4.98 Å². The second kappa shape index (κ2) is 5.12. The van der Waals surface area contributed by atoms with Gasteiger partial charge in [0, 0.05) is 17.2 Å². The van der Waals surface area contributed by atoms with E-state index in [0.29, 0.717) is 0 Å². The van der Waals surface area contributed by atoms with E-state index in [-0.39, 0.29) is 0 Å². The number of halogens is 1. The molecule has 0 saturated heterocycles. The lowest BCUT2D eigenvalue weighted by Crippen LogP contribution is -2.00. The first-order valence-electron chi connectivity index (χ1n) is 5.15. The SMILES string of the molecule is Cc1ccnc(NCc2ccc(Br)cc2)c1. The van der Waals surface area contributed by atoms with Crippen LogP contribution >= 0.6 is 15.9 Å². The zero-order valence-electron chi connectivity index (χ0n) is 9.07. The highest BCUT2D eigenvalue weighted by molar-refractivity contribution is 9.10. The van der Waals surface area contributed by atoms with E-state index in [2.05, 4.69) is 45.3 Å². The average Bonchev–Trinajstić information content (AvgIpc) is 2.28. The second-order valence-electron chi connectivity index (χ2n) is 3.70. The van der Waals surface area contributed by atoms with Crippen molar-refractivity contribution >= 4 is 21.7 Å². The Bertz CT molecular complexity index is 466. The molecule has 0 aliphatic heterocycles. The summed E-state index contributed by atoms with van der Waals surface area (Å²) in [6.45, 7) is 2.86. The molecule has 0 radical (unpaired) electrons. The standard InChI is InChI=1S/C13H13BrN2/c1-10-6-7-15-13(8-10)16-9-11-2-4-12(14)5-3-11/h2-8H,9H2,1H3,(H,15,16). The van der Waals surface area contributed by atoms with E-state index < -0.39 is 0 Å². The van der Waals surface area contributed by atoms with Gasteiger partial charge in [0.1, 0.15) is 5.82 Å².